The number of nitro benzene ring substituents is 1. The first-order valence-electron chi connectivity index (χ1n) is 12.8. The molecule has 3 aromatic carbocycles. The van der Waals surface area contributed by atoms with Gasteiger partial charge >= 0.3 is 0 Å². The summed E-state index contributed by atoms with van der Waals surface area (Å²) in [5.74, 6) is 6.00. The third-order valence-electron chi connectivity index (χ3n) is 4.41. The minimum absolute atomic E-state index is 0.0812. The van der Waals surface area contributed by atoms with Gasteiger partial charge in [-0.2, -0.15) is 0 Å². The van der Waals surface area contributed by atoms with E-state index in [0.717, 1.165) is 16.1 Å². The summed E-state index contributed by atoms with van der Waals surface area (Å²) in [6, 6.07) is 19.1. The number of sulfonamides is 1. The van der Waals surface area contributed by atoms with Gasteiger partial charge in [-0.3, -0.25) is 14.8 Å². The highest BCUT2D eigenvalue weighted by Gasteiger charge is 2.10. The van der Waals surface area contributed by atoms with Crippen LogP contribution in [0, 0.1) is 10.1 Å². The van der Waals surface area contributed by atoms with E-state index in [4.69, 9.17) is 23.2 Å². The molecule has 0 bridgehead atoms. The summed E-state index contributed by atoms with van der Waals surface area (Å²) in [5, 5.41) is 17.6. The van der Waals surface area contributed by atoms with Crippen molar-refractivity contribution in [2.75, 3.05) is 4.72 Å². The highest BCUT2D eigenvalue weighted by atomic mass is 35.5. The Morgan fingerprint density at radius 2 is 1.68 bits per heavy atom. The molecular weight excluding hydrogens is 564 g/mol. The zero-order chi connectivity index (χ0) is 31.4. The largest absolute Gasteiger partial charge is 0.382 e. The minimum Gasteiger partial charge on any atom is -0.382 e. The van der Waals surface area contributed by atoms with Crippen LogP contribution in [0.4, 0.5) is 11.4 Å². The van der Waals surface area contributed by atoms with Crippen LogP contribution in [-0.2, 0) is 16.6 Å². The number of rotatable bonds is 9. The summed E-state index contributed by atoms with van der Waals surface area (Å²) in [6.45, 7) is 13.5. The molecule has 0 fully saturated rings. The van der Waals surface area contributed by atoms with Gasteiger partial charge in [-0.15, -0.1) is 11.7 Å². The fourth-order valence-corrected chi connectivity index (χ4v) is 3.98. The molecule has 0 spiro atoms. The van der Waals surface area contributed by atoms with E-state index < -0.39 is 14.9 Å². The van der Waals surface area contributed by atoms with Crippen LogP contribution in [0.5, 0.6) is 0 Å². The van der Waals surface area contributed by atoms with Crippen molar-refractivity contribution in [1.82, 2.24) is 5.12 Å². The van der Waals surface area contributed by atoms with Crippen LogP contribution in [0.2, 0.25) is 5.02 Å². The number of hydrogen-bond acceptors (Lipinski definition) is 7. The van der Waals surface area contributed by atoms with Crippen LogP contribution >= 0.6 is 11.6 Å². The predicted octanol–water partition coefficient (Wildman–Crippen LogP) is 6.90. The molecule has 0 aromatic heterocycles. The first kappa shape index (κ1) is 36.8. The number of hydrogen-bond donors (Lipinski definition) is 3. The number of nitro groups is 1. The molecule has 0 heterocycles. The lowest BCUT2D eigenvalue weighted by Gasteiger charge is -2.14. The summed E-state index contributed by atoms with van der Waals surface area (Å²) in [7, 11) is -3.90. The van der Waals surface area contributed by atoms with E-state index in [1.54, 1.807) is 48.5 Å². The van der Waals surface area contributed by atoms with Gasteiger partial charge in [0.2, 0.25) is 0 Å². The van der Waals surface area contributed by atoms with Gasteiger partial charge < -0.3 is 5.73 Å². The molecule has 0 saturated carbocycles. The topological polar surface area (TPSA) is 157 Å². The summed E-state index contributed by atoms with van der Waals surface area (Å²) < 4.78 is 27.3. The second kappa shape index (κ2) is 19.8. The van der Waals surface area contributed by atoms with Crippen LogP contribution in [0.3, 0.4) is 0 Å². The number of amidine groups is 1. The van der Waals surface area contributed by atoms with E-state index >= 15 is 0 Å². The fraction of sp³-hybridized carbons (Fsp3) is 0.207. The molecule has 0 amide bonds. The molecule has 3 rings (SSSR count). The van der Waals surface area contributed by atoms with E-state index in [2.05, 4.69) is 16.4 Å². The number of hydrazone groups is 1. The van der Waals surface area contributed by atoms with E-state index in [1.807, 2.05) is 40.7 Å². The van der Waals surface area contributed by atoms with Gasteiger partial charge in [0.25, 0.3) is 15.7 Å². The van der Waals surface area contributed by atoms with Gasteiger partial charge in [0.1, 0.15) is 0 Å². The molecular formula is C29H39ClN6O4S. The number of benzene rings is 3. The summed E-state index contributed by atoms with van der Waals surface area (Å²) >= 11 is 5.97. The van der Waals surface area contributed by atoms with Gasteiger partial charge in [0, 0.05) is 28.4 Å². The summed E-state index contributed by atoms with van der Waals surface area (Å²) in [6.07, 6.45) is 3.01. The van der Waals surface area contributed by atoms with Crippen LogP contribution in [0.1, 0.15) is 51.3 Å². The van der Waals surface area contributed by atoms with Gasteiger partial charge in [0.05, 0.1) is 16.9 Å². The first-order valence-corrected chi connectivity index (χ1v) is 14.7. The Bertz CT molecular complexity index is 1410. The van der Waals surface area contributed by atoms with Gasteiger partial charge in [-0.05, 0) is 48.4 Å². The van der Waals surface area contributed by atoms with Crippen molar-refractivity contribution >= 4 is 44.9 Å². The van der Waals surface area contributed by atoms with Crippen LogP contribution < -0.4 is 16.3 Å². The van der Waals surface area contributed by atoms with Crippen molar-refractivity contribution in [2.24, 2.45) is 16.7 Å². The molecule has 3 aromatic rings. The third-order valence-corrected chi connectivity index (χ3v) is 5.66. The van der Waals surface area contributed by atoms with Crippen molar-refractivity contribution in [3.8, 4) is 0 Å². The van der Waals surface area contributed by atoms with Crippen LogP contribution in [0.25, 0.3) is 6.08 Å². The maximum atomic E-state index is 12.4. The molecule has 0 aliphatic carbocycles. The van der Waals surface area contributed by atoms with Gasteiger partial charge in [-0.25, -0.2) is 19.4 Å². The van der Waals surface area contributed by atoms with Crippen molar-refractivity contribution < 1.29 is 13.3 Å². The number of nitrogens with two attached hydrogens (primary N) is 2. The van der Waals surface area contributed by atoms with Crippen molar-refractivity contribution in [1.29, 1.82) is 0 Å². The summed E-state index contributed by atoms with van der Waals surface area (Å²) in [5.41, 5.74) is 7.80. The smallest absolute Gasteiger partial charge is 0.270 e. The maximum absolute atomic E-state index is 12.4. The molecule has 0 radical (unpaired) electrons. The van der Waals surface area contributed by atoms with E-state index in [9.17, 15) is 18.5 Å². The molecule has 0 atom stereocenters. The van der Waals surface area contributed by atoms with Gasteiger partial charge in [0.15, 0.2) is 5.84 Å². The zero-order valence-corrected chi connectivity index (χ0v) is 25.6. The van der Waals surface area contributed by atoms with E-state index in [0.29, 0.717) is 16.1 Å². The number of halogens is 1. The first-order chi connectivity index (χ1) is 19.5. The maximum Gasteiger partial charge on any atom is 0.270 e. The lowest BCUT2D eigenvalue weighted by molar-refractivity contribution is -0.384. The predicted molar refractivity (Wildman–Crippen MR) is 172 cm³/mol. The molecule has 12 heteroatoms. The van der Waals surface area contributed by atoms with Crippen molar-refractivity contribution in [2.45, 2.75) is 41.2 Å². The Labute approximate surface area is 248 Å². The average Bonchev–Trinajstić information content (AvgIpc) is 2.94. The number of anilines is 1. The van der Waals surface area contributed by atoms with Crippen LogP contribution in [-0.4, -0.2) is 24.3 Å². The van der Waals surface area contributed by atoms with E-state index in [-0.39, 0.29) is 23.8 Å². The normalized spacial score (nSPS) is 10.6. The Morgan fingerprint density at radius 1 is 1.07 bits per heavy atom. The Morgan fingerprint density at radius 3 is 2.29 bits per heavy atom. The number of hydrazine groups is 1. The number of nitrogens with zero attached hydrogens (tertiary/aromatic N) is 3. The number of nitrogens with one attached hydrogen (secondary N) is 1. The molecule has 222 valence electrons. The lowest BCUT2D eigenvalue weighted by Crippen LogP contribution is -2.29. The fourth-order valence-electron chi connectivity index (χ4n) is 2.90. The highest BCUT2D eigenvalue weighted by molar-refractivity contribution is 7.95. The molecule has 10 nitrogen and oxygen atoms in total. The quantitative estimate of drug-likeness (QED) is 0.0600. The standard InChI is InChI=1S/C22H21ClN6O4S.C3H6.2C2H6/c23-19-7-1-5-17(12-19)15-28(25)26-22(24)18-6-3-8-20(14-18)27-34(32,33)11-10-16-4-2-9-21(13-16)29(30)31;1-3-2;2*1-2/h1-14,27H,15,25H2,(H2,24,26);3H,1H2,2H3;2*1-2H3/b11-10+;;;. The number of non-ortho nitro benzene ring substituents is 1. The summed E-state index contributed by atoms with van der Waals surface area (Å²) in [4.78, 5) is 10.3. The highest BCUT2D eigenvalue weighted by Crippen LogP contribution is 2.17. The second-order valence-electron chi connectivity index (χ2n) is 7.50. The average molecular weight is 603 g/mol. The Hall–Kier alpha value is -4.19. The minimum atomic E-state index is -3.90. The molecule has 5 N–H and O–H groups in total. The molecule has 0 unspecified atom stereocenters. The molecule has 0 aliphatic rings. The third kappa shape index (κ3) is 14.7. The number of allylic oxidation sites excluding steroid dienone is 1. The monoisotopic (exact) mass is 602 g/mol. The van der Waals surface area contributed by atoms with Gasteiger partial charge in [-0.1, -0.05) is 81.8 Å². The zero-order valence-electron chi connectivity index (χ0n) is 24.0. The van der Waals surface area contributed by atoms with Crippen molar-refractivity contribution in [3.63, 3.8) is 0 Å². The lowest BCUT2D eigenvalue weighted by atomic mass is 10.2. The van der Waals surface area contributed by atoms with Crippen LogP contribution in [0.15, 0.2) is 96.0 Å². The SMILES string of the molecule is C=CC.CC.CC.N/C(=N\N(N)Cc1cccc(Cl)c1)c1cccc(NS(=O)(=O)/C=C/c2cccc([N+](=O)[O-])c2)c1. The molecule has 41 heavy (non-hydrogen) atoms. The Kier molecular flexibility index (Phi) is 17.8. The second-order valence-corrected chi connectivity index (χ2v) is 9.51. The molecule has 0 saturated heterocycles. The molecule has 0 aliphatic heterocycles. The Balaban J connectivity index is 0.00000210. The van der Waals surface area contributed by atoms with Crippen molar-refractivity contribution in [3.05, 3.63) is 123 Å². The van der Waals surface area contributed by atoms with E-state index in [1.165, 1.54) is 30.3 Å².